The van der Waals surface area contributed by atoms with E-state index in [9.17, 15) is 14.4 Å². The molecule has 7 nitrogen and oxygen atoms in total. The van der Waals surface area contributed by atoms with E-state index in [0.29, 0.717) is 5.69 Å². The van der Waals surface area contributed by atoms with E-state index in [4.69, 9.17) is 16.3 Å². The first kappa shape index (κ1) is 19.9. The second kappa shape index (κ2) is 8.10. The molecule has 0 aromatic carbocycles. The number of esters is 1. The lowest BCUT2D eigenvalue weighted by atomic mass is 9.95. The number of amides is 2. The van der Waals surface area contributed by atoms with Crippen molar-refractivity contribution in [1.29, 1.82) is 0 Å². The Kier molecular flexibility index (Phi) is 6.71. The van der Waals surface area contributed by atoms with E-state index in [-0.39, 0.29) is 11.1 Å². The van der Waals surface area contributed by atoms with E-state index in [1.54, 1.807) is 32.9 Å². The van der Waals surface area contributed by atoms with Crippen molar-refractivity contribution in [3.63, 3.8) is 0 Å². The van der Waals surface area contributed by atoms with Crippen LogP contribution in [0.5, 0.6) is 0 Å². The molecule has 2 amide bonds. The predicted molar refractivity (Wildman–Crippen MR) is 90.5 cm³/mol. The summed E-state index contributed by atoms with van der Waals surface area (Å²) in [5.41, 5.74) is -0.310. The predicted octanol–water partition coefficient (Wildman–Crippen LogP) is 2.16. The molecule has 0 bridgehead atoms. The smallest absolute Gasteiger partial charge is 0.329 e. The number of carbonyl (C=O) groups excluding carboxylic acids is 3. The van der Waals surface area contributed by atoms with Gasteiger partial charge in [-0.1, -0.05) is 32.4 Å². The maximum Gasteiger partial charge on any atom is 0.329 e. The molecule has 0 radical (unpaired) electrons. The van der Waals surface area contributed by atoms with Crippen molar-refractivity contribution in [3.8, 4) is 0 Å². The molecule has 0 saturated heterocycles. The van der Waals surface area contributed by atoms with Gasteiger partial charge in [-0.2, -0.15) is 0 Å². The molecule has 1 rings (SSSR count). The number of nitrogens with one attached hydrogen (secondary N) is 2. The molecule has 0 aliphatic carbocycles. The van der Waals surface area contributed by atoms with Crippen LogP contribution in [0.3, 0.4) is 0 Å². The molecule has 2 unspecified atom stereocenters. The first-order valence-electron chi connectivity index (χ1n) is 7.45. The highest BCUT2D eigenvalue weighted by atomic mass is 35.5. The SMILES string of the molecule is CC(NC(=O)C(C)(C)C)C(=O)OC(C)C(=O)Nc1cccnc1Cl. The van der Waals surface area contributed by atoms with Crippen LogP contribution in [0.1, 0.15) is 34.6 Å². The van der Waals surface area contributed by atoms with E-state index in [2.05, 4.69) is 15.6 Å². The van der Waals surface area contributed by atoms with Crippen LogP contribution in [-0.4, -0.2) is 34.9 Å². The van der Waals surface area contributed by atoms with Gasteiger partial charge in [0.2, 0.25) is 5.91 Å². The zero-order chi connectivity index (χ0) is 18.5. The number of nitrogens with zero attached hydrogens (tertiary/aromatic N) is 1. The number of aromatic nitrogens is 1. The maximum absolute atomic E-state index is 12.0. The van der Waals surface area contributed by atoms with Crippen LogP contribution in [0.15, 0.2) is 18.3 Å². The fourth-order valence-corrected chi connectivity index (χ4v) is 1.68. The average Bonchev–Trinajstić information content (AvgIpc) is 2.48. The first-order valence-corrected chi connectivity index (χ1v) is 7.83. The van der Waals surface area contributed by atoms with E-state index in [1.807, 2.05) is 0 Å². The Morgan fingerprint density at radius 2 is 1.88 bits per heavy atom. The second-order valence-corrected chi connectivity index (χ2v) is 6.71. The normalized spacial score (nSPS) is 13.6. The highest BCUT2D eigenvalue weighted by Gasteiger charge is 2.27. The quantitative estimate of drug-likeness (QED) is 0.623. The summed E-state index contributed by atoms with van der Waals surface area (Å²) < 4.78 is 5.07. The summed E-state index contributed by atoms with van der Waals surface area (Å²) in [6, 6.07) is 2.32. The van der Waals surface area contributed by atoms with Gasteiger partial charge in [-0.25, -0.2) is 9.78 Å². The second-order valence-electron chi connectivity index (χ2n) is 6.36. The van der Waals surface area contributed by atoms with E-state index < -0.39 is 29.4 Å². The molecule has 132 valence electrons. The molecule has 2 N–H and O–H groups in total. The van der Waals surface area contributed by atoms with Crippen LogP contribution < -0.4 is 10.6 Å². The molecule has 0 fully saturated rings. The summed E-state index contributed by atoms with van der Waals surface area (Å²) in [5.74, 6) is -1.54. The molecule has 8 heteroatoms. The molecule has 0 aliphatic rings. The lowest BCUT2D eigenvalue weighted by molar-refractivity contribution is -0.156. The molecular weight excluding hydrogens is 334 g/mol. The standard InChI is InChI=1S/C16H22ClN3O4/c1-9(19-15(23)16(3,4)5)14(22)24-10(2)13(21)20-11-7-6-8-18-12(11)17/h6-10H,1-5H3,(H,19,23)(H,20,21). The summed E-state index contributed by atoms with van der Waals surface area (Å²) in [5, 5.41) is 5.20. The van der Waals surface area contributed by atoms with Crippen LogP contribution in [0, 0.1) is 5.41 Å². The third kappa shape index (κ3) is 5.81. The van der Waals surface area contributed by atoms with Crippen molar-refractivity contribution in [3.05, 3.63) is 23.5 Å². The van der Waals surface area contributed by atoms with Gasteiger partial charge in [-0.3, -0.25) is 9.59 Å². The van der Waals surface area contributed by atoms with Crippen LogP contribution in [0.4, 0.5) is 5.69 Å². The Morgan fingerprint density at radius 1 is 1.25 bits per heavy atom. The van der Waals surface area contributed by atoms with Crippen molar-refractivity contribution in [2.45, 2.75) is 46.8 Å². The largest absolute Gasteiger partial charge is 0.451 e. The topological polar surface area (TPSA) is 97.4 Å². The zero-order valence-corrected chi connectivity index (χ0v) is 15.1. The minimum Gasteiger partial charge on any atom is -0.451 e. The molecule has 24 heavy (non-hydrogen) atoms. The molecule has 1 aromatic rings. The van der Waals surface area contributed by atoms with Gasteiger partial charge in [0.05, 0.1) is 5.69 Å². The van der Waals surface area contributed by atoms with Gasteiger partial charge in [-0.05, 0) is 26.0 Å². The number of rotatable bonds is 5. The van der Waals surface area contributed by atoms with Gasteiger partial charge >= 0.3 is 5.97 Å². The molecular formula is C16H22ClN3O4. The van der Waals surface area contributed by atoms with Crippen LogP contribution in [-0.2, 0) is 19.1 Å². The van der Waals surface area contributed by atoms with Crippen LogP contribution in [0.2, 0.25) is 5.15 Å². The van der Waals surface area contributed by atoms with Crippen molar-refractivity contribution in [2.75, 3.05) is 5.32 Å². The third-order valence-electron chi connectivity index (χ3n) is 3.06. The lowest BCUT2D eigenvalue weighted by Crippen LogP contribution is -2.46. The Morgan fingerprint density at radius 3 is 2.42 bits per heavy atom. The van der Waals surface area contributed by atoms with E-state index >= 15 is 0 Å². The van der Waals surface area contributed by atoms with Crippen molar-refractivity contribution >= 4 is 35.1 Å². The van der Waals surface area contributed by atoms with Crippen LogP contribution >= 0.6 is 11.6 Å². The maximum atomic E-state index is 12.0. The molecule has 2 atom stereocenters. The van der Waals surface area contributed by atoms with Crippen molar-refractivity contribution in [2.24, 2.45) is 5.41 Å². The Labute approximate surface area is 146 Å². The number of pyridine rings is 1. The summed E-state index contributed by atoms with van der Waals surface area (Å²) in [4.78, 5) is 39.7. The number of carbonyl (C=O) groups is 3. The molecule has 0 spiro atoms. The molecule has 0 aliphatic heterocycles. The average molecular weight is 356 g/mol. The third-order valence-corrected chi connectivity index (χ3v) is 3.36. The van der Waals surface area contributed by atoms with Gasteiger partial charge in [0.15, 0.2) is 11.3 Å². The zero-order valence-electron chi connectivity index (χ0n) is 14.3. The number of halogens is 1. The van der Waals surface area contributed by atoms with Crippen molar-refractivity contribution in [1.82, 2.24) is 10.3 Å². The summed E-state index contributed by atoms with van der Waals surface area (Å²) in [6.45, 7) is 8.11. The number of hydrogen-bond donors (Lipinski definition) is 2. The van der Waals surface area contributed by atoms with Gasteiger partial charge in [-0.15, -0.1) is 0 Å². The fourth-order valence-electron chi connectivity index (χ4n) is 1.52. The Balaban J connectivity index is 2.58. The summed E-state index contributed by atoms with van der Waals surface area (Å²) in [7, 11) is 0. The molecule has 0 saturated carbocycles. The minimum absolute atomic E-state index is 0.134. The Bertz CT molecular complexity index is 628. The summed E-state index contributed by atoms with van der Waals surface area (Å²) in [6.07, 6.45) is 0.434. The highest BCUT2D eigenvalue weighted by molar-refractivity contribution is 6.32. The highest BCUT2D eigenvalue weighted by Crippen LogP contribution is 2.18. The van der Waals surface area contributed by atoms with Crippen LogP contribution in [0.25, 0.3) is 0 Å². The first-order chi connectivity index (χ1) is 11.0. The fraction of sp³-hybridized carbons (Fsp3) is 0.500. The van der Waals surface area contributed by atoms with Gasteiger partial charge in [0.1, 0.15) is 6.04 Å². The van der Waals surface area contributed by atoms with Crippen molar-refractivity contribution < 1.29 is 19.1 Å². The monoisotopic (exact) mass is 355 g/mol. The minimum atomic E-state index is -1.05. The van der Waals surface area contributed by atoms with Gasteiger partial charge in [0, 0.05) is 11.6 Å². The number of hydrogen-bond acceptors (Lipinski definition) is 5. The Hall–Kier alpha value is -2.15. The lowest BCUT2D eigenvalue weighted by Gasteiger charge is -2.22. The number of anilines is 1. The molecule has 1 aromatic heterocycles. The van der Waals surface area contributed by atoms with E-state index in [0.717, 1.165) is 0 Å². The molecule has 1 heterocycles. The summed E-state index contributed by atoms with van der Waals surface area (Å²) >= 11 is 5.85. The van der Waals surface area contributed by atoms with Gasteiger partial charge < -0.3 is 15.4 Å². The van der Waals surface area contributed by atoms with E-state index in [1.165, 1.54) is 20.0 Å². The van der Waals surface area contributed by atoms with Gasteiger partial charge in [0.25, 0.3) is 5.91 Å². The number of ether oxygens (including phenoxy) is 1.